The molecule has 0 aliphatic heterocycles. The predicted octanol–water partition coefficient (Wildman–Crippen LogP) is 1.77. The van der Waals surface area contributed by atoms with Gasteiger partial charge in [-0.05, 0) is 19.9 Å². The molecule has 0 fully saturated rings. The van der Waals surface area contributed by atoms with Crippen molar-refractivity contribution >= 4 is 0 Å². The van der Waals surface area contributed by atoms with Crippen LogP contribution in [-0.4, -0.2) is 9.78 Å². The monoisotopic (exact) mass is 136 g/mol. The van der Waals surface area contributed by atoms with Crippen molar-refractivity contribution in [2.45, 2.75) is 20.4 Å². The number of rotatable bonds is 2. The van der Waals surface area contributed by atoms with Gasteiger partial charge in [-0.15, -0.1) is 0 Å². The van der Waals surface area contributed by atoms with E-state index >= 15 is 0 Å². The molecule has 0 aromatic carbocycles. The molecule has 0 spiro atoms. The highest BCUT2D eigenvalue weighted by Crippen LogP contribution is 1.99. The lowest BCUT2D eigenvalue weighted by Gasteiger charge is -2.01. The zero-order chi connectivity index (χ0) is 7.56. The van der Waals surface area contributed by atoms with Gasteiger partial charge in [0.25, 0.3) is 0 Å². The Morgan fingerprint density at radius 1 is 1.80 bits per heavy atom. The molecule has 10 heavy (non-hydrogen) atoms. The Bertz CT molecular complexity index is 235. The molecule has 0 bridgehead atoms. The summed E-state index contributed by atoms with van der Waals surface area (Å²) in [6, 6.07) is 1.99. The van der Waals surface area contributed by atoms with Crippen LogP contribution in [0.4, 0.5) is 0 Å². The largest absolute Gasteiger partial charge is 0.266 e. The maximum Gasteiger partial charge on any atom is 0.0617 e. The predicted molar refractivity (Wildman–Crippen MR) is 41.8 cm³/mol. The number of hydrogen-bond acceptors (Lipinski definition) is 1. The quantitative estimate of drug-likeness (QED) is 0.566. The fraction of sp³-hybridized carbons (Fsp3) is 0.375. The molecule has 1 rings (SSSR count). The number of allylic oxidation sites excluding steroid dienone is 1. The molecule has 2 heteroatoms. The lowest BCUT2D eigenvalue weighted by Crippen LogP contribution is -2.01. The summed E-state index contributed by atoms with van der Waals surface area (Å²) in [6.45, 7) is 8.68. The zero-order valence-corrected chi connectivity index (χ0v) is 6.46. The van der Waals surface area contributed by atoms with E-state index < -0.39 is 0 Å². The minimum Gasteiger partial charge on any atom is -0.266 e. The summed E-state index contributed by atoms with van der Waals surface area (Å²) >= 11 is 0. The topological polar surface area (TPSA) is 17.8 Å². The molecule has 0 saturated carbocycles. The van der Waals surface area contributed by atoms with Gasteiger partial charge in [0, 0.05) is 11.9 Å². The number of nitrogens with zero attached hydrogens (tertiary/aromatic N) is 2. The third-order valence-corrected chi connectivity index (χ3v) is 1.35. The van der Waals surface area contributed by atoms with E-state index in [0.29, 0.717) is 0 Å². The second-order valence-electron chi connectivity index (χ2n) is 2.59. The van der Waals surface area contributed by atoms with Gasteiger partial charge < -0.3 is 0 Å². The van der Waals surface area contributed by atoms with E-state index in [1.54, 1.807) is 6.20 Å². The molecule has 0 amide bonds. The first-order chi connectivity index (χ1) is 4.70. The van der Waals surface area contributed by atoms with Crippen molar-refractivity contribution in [1.82, 2.24) is 9.78 Å². The van der Waals surface area contributed by atoms with Crippen LogP contribution < -0.4 is 0 Å². The number of aromatic nitrogens is 2. The maximum atomic E-state index is 4.11. The van der Waals surface area contributed by atoms with Crippen LogP contribution in [0.1, 0.15) is 12.6 Å². The molecule has 0 aliphatic carbocycles. The summed E-state index contributed by atoms with van der Waals surface area (Å²) in [5.41, 5.74) is 2.31. The van der Waals surface area contributed by atoms with Gasteiger partial charge in [0.05, 0.1) is 6.54 Å². The van der Waals surface area contributed by atoms with Crippen LogP contribution in [0.2, 0.25) is 0 Å². The Morgan fingerprint density at radius 3 is 2.90 bits per heavy atom. The highest BCUT2D eigenvalue weighted by molar-refractivity contribution is 5.00. The average Bonchev–Trinajstić information content (AvgIpc) is 2.15. The summed E-state index contributed by atoms with van der Waals surface area (Å²) in [7, 11) is 0. The first-order valence-corrected chi connectivity index (χ1v) is 3.33. The van der Waals surface area contributed by atoms with Gasteiger partial charge in [-0.1, -0.05) is 12.2 Å². The van der Waals surface area contributed by atoms with Gasteiger partial charge in [0.2, 0.25) is 0 Å². The third kappa shape index (κ3) is 1.47. The van der Waals surface area contributed by atoms with Crippen molar-refractivity contribution in [3.05, 3.63) is 30.1 Å². The smallest absolute Gasteiger partial charge is 0.0617 e. The van der Waals surface area contributed by atoms with Gasteiger partial charge in [-0.25, -0.2) is 0 Å². The Kier molecular flexibility index (Phi) is 1.90. The van der Waals surface area contributed by atoms with E-state index in [2.05, 4.69) is 11.7 Å². The Hall–Kier alpha value is -1.05. The fourth-order valence-electron chi connectivity index (χ4n) is 0.820. The van der Waals surface area contributed by atoms with Crippen molar-refractivity contribution in [2.75, 3.05) is 0 Å². The highest BCUT2D eigenvalue weighted by atomic mass is 15.3. The van der Waals surface area contributed by atoms with Crippen molar-refractivity contribution < 1.29 is 0 Å². The van der Waals surface area contributed by atoms with Crippen LogP contribution >= 0.6 is 0 Å². The van der Waals surface area contributed by atoms with Crippen LogP contribution in [0, 0.1) is 6.92 Å². The van der Waals surface area contributed by atoms with Crippen LogP contribution in [0.15, 0.2) is 24.4 Å². The summed E-state index contributed by atoms with van der Waals surface area (Å²) in [5.74, 6) is 0. The van der Waals surface area contributed by atoms with Gasteiger partial charge in [0.1, 0.15) is 0 Å². The zero-order valence-electron chi connectivity index (χ0n) is 6.46. The summed E-state index contributed by atoms with van der Waals surface area (Å²) in [6.07, 6.45) is 1.80. The van der Waals surface area contributed by atoms with E-state index in [1.165, 1.54) is 5.69 Å². The summed E-state index contributed by atoms with van der Waals surface area (Å²) in [5, 5.41) is 4.11. The third-order valence-electron chi connectivity index (χ3n) is 1.35. The molecule has 0 N–H and O–H groups in total. The van der Waals surface area contributed by atoms with Crippen molar-refractivity contribution in [3.63, 3.8) is 0 Å². The van der Waals surface area contributed by atoms with E-state index in [1.807, 2.05) is 24.6 Å². The average molecular weight is 136 g/mol. The molecule has 1 aromatic rings. The van der Waals surface area contributed by atoms with Crippen LogP contribution in [0.5, 0.6) is 0 Å². The molecule has 0 unspecified atom stereocenters. The SMILES string of the molecule is C=C(C)Cn1nccc1C. The summed E-state index contributed by atoms with van der Waals surface area (Å²) in [4.78, 5) is 0. The summed E-state index contributed by atoms with van der Waals surface area (Å²) < 4.78 is 1.93. The van der Waals surface area contributed by atoms with Gasteiger partial charge >= 0.3 is 0 Å². The lowest BCUT2D eigenvalue weighted by molar-refractivity contribution is 0.658. The molecule has 1 heterocycles. The maximum absolute atomic E-state index is 4.11. The fourth-order valence-corrected chi connectivity index (χ4v) is 0.820. The second-order valence-corrected chi connectivity index (χ2v) is 2.59. The molecule has 0 aliphatic rings. The van der Waals surface area contributed by atoms with E-state index in [9.17, 15) is 0 Å². The van der Waals surface area contributed by atoms with Crippen LogP contribution in [0.25, 0.3) is 0 Å². The molecular weight excluding hydrogens is 124 g/mol. The van der Waals surface area contributed by atoms with Crippen molar-refractivity contribution in [1.29, 1.82) is 0 Å². The number of hydrogen-bond donors (Lipinski definition) is 0. The molecule has 0 radical (unpaired) electrons. The minimum absolute atomic E-state index is 0.832. The van der Waals surface area contributed by atoms with Crippen LogP contribution in [0.3, 0.4) is 0 Å². The van der Waals surface area contributed by atoms with Gasteiger partial charge in [-0.3, -0.25) is 4.68 Å². The molecule has 0 atom stereocenters. The van der Waals surface area contributed by atoms with Gasteiger partial charge in [-0.2, -0.15) is 5.10 Å². The normalized spacial score (nSPS) is 9.80. The van der Waals surface area contributed by atoms with E-state index in [0.717, 1.165) is 12.1 Å². The molecule has 54 valence electrons. The van der Waals surface area contributed by atoms with Crippen LogP contribution in [-0.2, 0) is 6.54 Å². The standard InChI is InChI=1S/C8H12N2/c1-7(2)6-10-8(3)4-5-9-10/h4-5H,1,6H2,2-3H3. The molecular formula is C8H12N2. The van der Waals surface area contributed by atoms with Crippen molar-refractivity contribution in [3.8, 4) is 0 Å². The molecule has 2 nitrogen and oxygen atoms in total. The van der Waals surface area contributed by atoms with Gasteiger partial charge in [0.15, 0.2) is 0 Å². The Morgan fingerprint density at radius 2 is 2.50 bits per heavy atom. The van der Waals surface area contributed by atoms with E-state index in [-0.39, 0.29) is 0 Å². The Balaban J connectivity index is 2.74. The lowest BCUT2D eigenvalue weighted by atomic mass is 10.3. The minimum atomic E-state index is 0.832. The second kappa shape index (κ2) is 2.69. The van der Waals surface area contributed by atoms with E-state index in [4.69, 9.17) is 0 Å². The Labute approximate surface area is 61.2 Å². The highest BCUT2D eigenvalue weighted by Gasteiger charge is 1.94. The molecule has 1 aromatic heterocycles. The van der Waals surface area contributed by atoms with Crippen molar-refractivity contribution in [2.24, 2.45) is 0 Å². The first-order valence-electron chi connectivity index (χ1n) is 3.33. The molecule has 0 saturated heterocycles. The number of aryl methyl sites for hydroxylation is 1. The first kappa shape index (κ1) is 7.06.